The molecule has 2 aromatic rings. The molecule has 14 heteroatoms. The summed E-state index contributed by atoms with van der Waals surface area (Å²) < 4.78 is 12.0. The van der Waals surface area contributed by atoms with Gasteiger partial charge in [-0.2, -0.15) is 0 Å². The number of hydrogen-bond acceptors (Lipinski definition) is 6. The zero-order valence-corrected chi connectivity index (χ0v) is 20.7. The Morgan fingerprint density at radius 3 is 2.43 bits per heavy atom. The van der Waals surface area contributed by atoms with Crippen LogP contribution in [0.4, 0.5) is 4.79 Å². The highest BCUT2D eigenvalue weighted by molar-refractivity contribution is 8.14. The fraction of sp³-hybridized carbons (Fsp3) is 0.429. The van der Waals surface area contributed by atoms with Gasteiger partial charge in [0.1, 0.15) is 23.6 Å². The van der Waals surface area contributed by atoms with Crippen molar-refractivity contribution in [3.8, 4) is 0 Å². The van der Waals surface area contributed by atoms with Crippen molar-refractivity contribution in [3.63, 3.8) is 0 Å². The maximum Gasteiger partial charge on any atom is 0.372 e. The fourth-order valence-electron chi connectivity index (χ4n) is 3.82. The van der Waals surface area contributed by atoms with Gasteiger partial charge in [-0.15, -0.1) is 0 Å². The smallest absolute Gasteiger partial charge is 0.372 e. The SMILES string of the molecule is CC(C)C[C@H](NC(=O)[C@@H]1CSC(=O)N1)C(=O)N[C@@H](Cc1c(P(=O)(O)O)[nH]c2ccccc12)C(=O)O. The number of aliphatic carboxylic acids is 1. The van der Waals surface area contributed by atoms with Gasteiger partial charge < -0.3 is 35.8 Å². The molecule has 1 fully saturated rings. The molecule has 0 spiro atoms. The third-order valence-electron chi connectivity index (χ3n) is 5.43. The topological polar surface area (TPSA) is 198 Å². The number of aromatic amines is 1. The highest BCUT2D eigenvalue weighted by atomic mass is 32.2. The number of benzene rings is 1. The van der Waals surface area contributed by atoms with Crippen LogP contribution < -0.4 is 21.4 Å². The molecule has 12 nitrogen and oxygen atoms in total. The lowest BCUT2D eigenvalue weighted by molar-refractivity contribution is -0.142. The maximum atomic E-state index is 13.0. The molecule has 3 amide bonds. The summed E-state index contributed by atoms with van der Waals surface area (Å²) in [5, 5.41) is 17.3. The highest BCUT2D eigenvalue weighted by Gasteiger charge is 2.34. The molecule has 0 bridgehead atoms. The number of amides is 3. The molecular weight excluding hydrogens is 499 g/mol. The second-order valence-corrected chi connectivity index (χ2v) is 11.2. The Bertz CT molecular complexity index is 1190. The first-order valence-electron chi connectivity index (χ1n) is 10.8. The molecule has 1 aliphatic heterocycles. The van der Waals surface area contributed by atoms with Crippen LogP contribution in [0.2, 0.25) is 0 Å². The van der Waals surface area contributed by atoms with Crippen LogP contribution in [0.25, 0.3) is 10.9 Å². The van der Waals surface area contributed by atoms with Crippen molar-refractivity contribution in [1.29, 1.82) is 0 Å². The van der Waals surface area contributed by atoms with Crippen LogP contribution in [0.1, 0.15) is 25.8 Å². The van der Waals surface area contributed by atoms with Gasteiger partial charge in [-0.1, -0.05) is 43.8 Å². The number of rotatable bonds is 10. The third-order valence-corrected chi connectivity index (χ3v) is 7.28. The molecule has 0 unspecified atom stereocenters. The minimum absolute atomic E-state index is 0.0308. The Kier molecular flexibility index (Phi) is 8.26. The first kappa shape index (κ1) is 26.7. The second-order valence-electron chi connectivity index (χ2n) is 8.63. The van der Waals surface area contributed by atoms with E-state index >= 15 is 0 Å². The van der Waals surface area contributed by atoms with Gasteiger partial charge in [0.2, 0.25) is 11.8 Å². The van der Waals surface area contributed by atoms with Crippen LogP contribution >= 0.6 is 19.4 Å². The molecule has 2 heterocycles. The van der Waals surface area contributed by atoms with Gasteiger partial charge in [-0.25, -0.2) is 4.79 Å². The maximum absolute atomic E-state index is 13.0. The number of carbonyl (C=O) groups excluding carboxylic acids is 3. The first-order valence-corrected chi connectivity index (χ1v) is 13.4. The fourth-order valence-corrected chi connectivity index (χ4v) is 5.43. The summed E-state index contributed by atoms with van der Waals surface area (Å²) in [7, 11) is -4.78. The number of carbonyl (C=O) groups is 4. The summed E-state index contributed by atoms with van der Waals surface area (Å²) in [4.78, 5) is 71.2. The summed E-state index contributed by atoms with van der Waals surface area (Å²) in [6, 6.07) is 3.09. The van der Waals surface area contributed by atoms with Crippen molar-refractivity contribution in [2.24, 2.45) is 5.92 Å². The number of nitrogens with one attached hydrogen (secondary N) is 4. The van der Waals surface area contributed by atoms with Crippen LogP contribution in [0, 0.1) is 5.92 Å². The molecule has 3 atom stereocenters. The lowest BCUT2D eigenvalue weighted by atomic mass is 10.0. The van der Waals surface area contributed by atoms with Crippen molar-refractivity contribution >= 4 is 58.7 Å². The molecule has 1 aromatic carbocycles. The van der Waals surface area contributed by atoms with Crippen LogP contribution in [-0.2, 0) is 25.4 Å². The molecule has 1 saturated heterocycles. The number of fused-ring (bicyclic) bond motifs is 1. The lowest BCUT2D eigenvalue weighted by Crippen LogP contribution is -2.55. The predicted octanol–water partition coefficient (Wildman–Crippen LogP) is 0.439. The summed E-state index contributed by atoms with van der Waals surface area (Å²) >= 11 is 0.948. The number of carboxylic acids is 1. The average molecular weight is 527 g/mol. The van der Waals surface area contributed by atoms with Crippen LogP contribution in [0.15, 0.2) is 24.3 Å². The number of aromatic nitrogens is 1. The Labute approximate surface area is 204 Å². The number of para-hydroxylation sites is 1. The van der Waals surface area contributed by atoms with E-state index in [1.54, 1.807) is 24.3 Å². The number of H-pyrrole nitrogens is 1. The normalized spacial score (nSPS) is 17.7. The van der Waals surface area contributed by atoms with Crippen LogP contribution in [0.5, 0.6) is 0 Å². The van der Waals surface area contributed by atoms with E-state index in [4.69, 9.17) is 0 Å². The van der Waals surface area contributed by atoms with Crippen molar-refractivity contribution < 1.29 is 38.6 Å². The van der Waals surface area contributed by atoms with Crippen LogP contribution in [0.3, 0.4) is 0 Å². The molecule has 1 aliphatic rings. The third kappa shape index (κ3) is 6.63. The first-order chi connectivity index (χ1) is 16.4. The average Bonchev–Trinajstić information content (AvgIpc) is 3.36. The molecule has 1 aromatic heterocycles. The zero-order chi connectivity index (χ0) is 25.9. The molecule has 7 N–H and O–H groups in total. The standard InChI is InChI=1S/C21H27N4O8PS/c1-10(2)7-14(22-18(27)16-9-35-21(30)25-16)17(26)23-15(20(28)29)8-12-11-5-3-4-6-13(11)24-19(12)34(31,32)33/h3-6,10,14-16,24H,7-9H2,1-2H3,(H,22,27)(H,23,26)(H,25,30)(H,28,29)(H2,31,32,33)/t14-,15-,16-/m0/s1. The molecule has 190 valence electrons. The predicted molar refractivity (Wildman–Crippen MR) is 129 cm³/mol. The van der Waals surface area contributed by atoms with E-state index in [1.807, 2.05) is 13.8 Å². The van der Waals surface area contributed by atoms with Gasteiger partial charge >= 0.3 is 13.6 Å². The monoisotopic (exact) mass is 526 g/mol. The molecule has 0 aliphatic carbocycles. The Balaban J connectivity index is 1.83. The summed E-state index contributed by atoms with van der Waals surface area (Å²) in [5.41, 5.74) is 0.0789. The van der Waals surface area contributed by atoms with Gasteiger partial charge in [-0.3, -0.25) is 18.9 Å². The van der Waals surface area contributed by atoms with Crippen molar-refractivity contribution in [1.82, 2.24) is 20.9 Å². The molecule has 0 saturated carbocycles. The molecule has 0 radical (unpaired) electrons. The quantitative estimate of drug-likeness (QED) is 0.215. The Morgan fingerprint density at radius 2 is 1.86 bits per heavy atom. The zero-order valence-electron chi connectivity index (χ0n) is 19.0. The Morgan fingerprint density at radius 1 is 1.17 bits per heavy atom. The highest BCUT2D eigenvalue weighted by Crippen LogP contribution is 2.37. The van der Waals surface area contributed by atoms with E-state index in [0.717, 1.165) is 11.8 Å². The minimum atomic E-state index is -4.78. The molecule has 3 rings (SSSR count). The van der Waals surface area contributed by atoms with Gasteiger partial charge in [0.25, 0.3) is 5.24 Å². The van der Waals surface area contributed by atoms with Crippen molar-refractivity contribution in [3.05, 3.63) is 29.8 Å². The largest absolute Gasteiger partial charge is 0.480 e. The van der Waals surface area contributed by atoms with Crippen molar-refractivity contribution in [2.75, 3.05) is 5.75 Å². The summed E-state index contributed by atoms with van der Waals surface area (Å²) in [6.45, 7) is 3.65. The van der Waals surface area contributed by atoms with Gasteiger partial charge in [0.05, 0.1) is 0 Å². The van der Waals surface area contributed by atoms with E-state index in [-0.39, 0.29) is 28.9 Å². The minimum Gasteiger partial charge on any atom is -0.480 e. The Hall–Kier alpha value is -2.86. The van der Waals surface area contributed by atoms with E-state index < -0.39 is 55.4 Å². The number of thioether (sulfide) groups is 1. The van der Waals surface area contributed by atoms with Crippen LogP contribution in [-0.4, -0.2) is 66.8 Å². The van der Waals surface area contributed by atoms with E-state index in [0.29, 0.717) is 10.9 Å². The van der Waals surface area contributed by atoms with E-state index in [9.17, 15) is 38.6 Å². The lowest BCUT2D eigenvalue weighted by Gasteiger charge is -2.24. The van der Waals surface area contributed by atoms with E-state index in [1.165, 1.54) is 0 Å². The number of carboxylic acid groups (broad SMARTS) is 1. The molecule has 35 heavy (non-hydrogen) atoms. The van der Waals surface area contributed by atoms with Crippen molar-refractivity contribution in [2.45, 2.75) is 44.8 Å². The van der Waals surface area contributed by atoms with E-state index in [2.05, 4.69) is 20.9 Å². The second kappa shape index (κ2) is 10.8. The van der Waals surface area contributed by atoms with Gasteiger partial charge in [0.15, 0.2) is 0 Å². The summed E-state index contributed by atoms with van der Waals surface area (Å²) in [6.07, 6.45) is -0.193. The number of hydrogen-bond donors (Lipinski definition) is 7. The summed E-state index contributed by atoms with van der Waals surface area (Å²) in [5.74, 6) is -2.54. The van der Waals surface area contributed by atoms with Gasteiger partial charge in [0, 0.05) is 23.1 Å². The molecular formula is C21H27N4O8PS. The van der Waals surface area contributed by atoms with Gasteiger partial charge in [-0.05, 0) is 24.0 Å².